The molecule has 2 aromatic carbocycles. The summed E-state index contributed by atoms with van der Waals surface area (Å²) in [5, 5.41) is 18.9. The maximum Gasteiger partial charge on any atom is 0.346 e. The molecular weight excluding hydrogens is 430 g/mol. The molecule has 0 saturated heterocycles. The van der Waals surface area contributed by atoms with Gasteiger partial charge in [0.15, 0.2) is 5.78 Å². The van der Waals surface area contributed by atoms with Gasteiger partial charge in [-0.2, -0.15) is 10.3 Å². The van der Waals surface area contributed by atoms with E-state index in [1.54, 1.807) is 4.57 Å². The van der Waals surface area contributed by atoms with Crippen molar-refractivity contribution in [1.29, 1.82) is 0 Å². The number of H-pyrrole nitrogens is 1. The number of carbonyl (C=O) groups is 1. The van der Waals surface area contributed by atoms with E-state index >= 15 is 0 Å². The van der Waals surface area contributed by atoms with Crippen molar-refractivity contribution in [1.82, 2.24) is 35.0 Å². The molecule has 0 amide bonds. The van der Waals surface area contributed by atoms with E-state index < -0.39 is 6.04 Å². The third-order valence-electron chi connectivity index (χ3n) is 5.99. The van der Waals surface area contributed by atoms with E-state index in [1.165, 1.54) is 11.6 Å². The average Bonchev–Trinajstić information content (AvgIpc) is 3.48. The molecule has 0 aliphatic rings. The lowest BCUT2D eigenvalue weighted by molar-refractivity contribution is -0.120. The number of aryl methyl sites for hydroxylation is 1. The molecule has 34 heavy (non-hydrogen) atoms. The van der Waals surface area contributed by atoms with Crippen molar-refractivity contribution in [3.63, 3.8) is 0 Å². The van der Waals surface area contributed by atoms with Crippen LogP contribution in [0.3, 0.4) is 0 Å². The predicted molar refractivity (Wildman–Crippen MR) is 129 cm³/mol. The first-order chi connectivity index (χ1) is 16.5. The smallest absolute Gasteiger partial charge is 0.298 e. The van der Waals surface area contributed by atoms with Crippen LogP contribution in [0.25, 0.3) is 22.5 Å². The Bertz CT molecular complexity index is 1300. The third kappa shape index (κ3) is 4.73. The molecule has 0 radical (unpaired) electrons. The number of hydrogen-bond donors (Lipinski definition) is 1. The summed E-state index contributed by atoms with van der Waals surface area (Å²) < 4.78 is 3.06. The van der Waals surface area contributed by atoms with E-state index in [0.717, 1.165) is 40.9 Å². The number of rotatable bonds is 10. The zero-order valence-electron chi connectivity index (χ0n) is 19.7. The maximum absolute atomic E-state index is 13.2. The number of benzene rings is 2. The largest absolute Gasteiger partial charge is 0.346 e. The van der Waals surface area contributed by atoms with Crippen LogP contribution in [-0.4, -0.2) is 40.8 Å². The normalized spacial score (nSPS) is 12.1. The number of aromatic nitrogens is 7. The van der Waals surface area contributed by atoms with Crippen molar-refractivity contribution in [2.24, 2.45) is 0 Å². The molecule has 4 rings (SSSR count). The summed E-state index contributed by atoms with van der Waals surface area (Å²) in [6, 6.07) is 15.4. The molecule has 0 spiro atoms. The van der Waals surface area contributed by atoms with Gasteiger partial charge >= 0.3 is 5.69 Å². The summed E-state index contributed by atoms with van der Waals surface area (Å²) in [5.74, 6) is 1.20. The summed E-state index contributed by atoms with van der Waals surface area (Å²) in [4.78, 5) is 25.3. The number of tetrazole rings is 1. The van der Waals surface area contributed by atoms with Gasteiger partial charge in [0.25, 0.3) is 0 Å². The molecule has 0 aliphatic carbocycles. The van der Waals surface area contributed by atoms with Gasteiger partial charge < -0.3 is 0 Å². The quantitative estimate of drug-likeness (QED) is 0.386. The topological polar surface area (TPSA) is 111 Å². The van der Waals surface area contributed by atoms with Crippen molar-refractivity contribution in [2.75, 3.05) is 0 Å². The molecule has 0 aliphatic heterocycles. The van der Waals surface area contributed by atoms with Gasteiger partial charge in [0.1, 0.15) is 11.9 Å². The summed E-state index contributed by atoms with van der Waals surface area (Å²) in [6.07, 6.45) is 3.16. The van der Waals surface area contributed by atoms with Crippen LogP contribution in [0.5, 0.6) is 0 Å². The lowest BCUT2D eigenvalue weighted by atomic mass is 9.98. The number of unbranched alkanes of at least 4 members (excludes halogenated alkanes) is 1. The molecule has 2 heterocycles. The van der Waals surface area contributed by atoms with E-state index in [-0.39, 0.29) is 11.5 Å². The van der Waals surface area contributed by atoms with Gasteiger partial charge in [-0.3, -0.25) is 9.36 Å². The molecule has 176 valence electrons. The number of ketones is 1. The zero-order chi connectivity index (χ0) is 24.1. The predicted octanol–water partition coefficient (Wildman–Crippen LogP) is 3.82. The van der Waals surface area contributed by atoms with Crippen molar-refractivity contribution < 1.29 is 4.79 Å². The number of nitrogens with zero attached hydrogens (tertiary/aromatic N) is 6. The minimum atomic E-state index is -0.529. The fraction of sp³-hybridized carbons (Fsp3) is 0.360. The van der Waals surface area contributed by atoms with Crippen LogP contribution in [0.2, 0.25) is 0 Å². The lowest BCUT2D eigenvalue weighted by Crippen LogP contribution is -2.31. The van der Waals surface area contributed by atoms with Gasteiger partial charge in [0.2, 0.25) is 5.82 Å². The molecule has 9 nitrogen and oxygen atoms in total. The molecule has 1 N–H and O–H groups in total. The third-order valence-corrected chi connectivity index (χ3v) is 5.99. The highest BCUT2D eigenvalue weighted by molar-refractivity contribution is 5.80. The first kappa shape index (κ1) is 23.3. The summed E-state index contributed by atoms with van der Waals surface area (Å²) in [7, 11) is 0. The van der Waals surface area contributed by atoms with E-state index in [2.05, 4.69) is 32.6 Å². The van der Waals surface area contributed by atoms with Crippen LogP contribution in [0.1, 0.15) is 57.5 Å². The van der Waals surface area contributed by atoms with Crippen molar-refractivity contribution >= 4 is 5.78 Å². The number of nitrogens with one attached hydrogen (secondary N) is 1. The first-order valence-electron chi connectivity index (χ1n) is 11.6. The number of aromatic amines is 1. The van der Waals surface area contributed by atoms with Gasteiger partial charge in [-0.1, -0.05) is 68.8 Å². The molecule has 1 atom stereocenters. The summed E-state index contributed by atoms with van der Waals surface area (Å²) >= 11 is 0. The van der Waals surface area contributed by atoms with Gasteiger partial charge in [-0.15, -0.1) is 10.2 Å². The molecule has 1 unspecified atom stereocenters. The Morgan fingerprint density at radius 3 is 2.41 bits per heavy atom. The van der Waals surface area contributed by atoms with Crippen LogP contribution in [0.4, 0.5) is 0 Å². The Balaban J connectivity index is 1.65. The Morgan fingerprint density at radius 2 is 1.79 bits per heavy atom. The molecule has 9 heteroatoms. The fourth-order valence-corrected chi connectivity index (χ4v) is 4.15. The highest BCUT2D eigenvalue weighted by Gasteiger charge is 2.22. The zero-order valence-corrected chi connectivity index (χ0v) is 19.7. The van der Waals surface area contributed by atoms with Gasteiger partial charge in [0.05, 0.1) is 6.54 Å². The van der Waals surface area contributed by atoms with Gasteiger partial charge in [-0.25, -0.2) is 9.48 Å². The molecule has 0 bridgehead atoms. The monoisotopic (exact) mass is 459 g/mol. The average molecular weight is 460 g/mol. The van der Waals surface area contributed by atoms with E-state index in [9.17, 15) is 9.59 Å². The van der Waals surface area contributed by atoms with Crippen molar-refractivity contribution in [2.45, 2.75) is 59.0 Å². The minimum absolute atomic E-state index is 0.0547. The molecular formula is C25H29N7O2. The van der Waals surface area contributed by atoms with E-state index in [1.807, 2.05) is 55.5 Å². The fourth-order valence-electron chi connectivity index (χ4n) is 4.15. The molecule has 2 aromatic heterocycles. The summed E-state index contributed by atoms with van der Waals surface area (Å²) in [5.41, 5.74) is 3.64. The molecule has 0 saturated carbocycles. The second-order valence-corrected chi connectivity index (χ2v) is 8.35. The van der Waals surface area contributed by atoms with Crippen molar-refractivity contribution in [3.8, 4) is 22.5 Å². The molecule has 4 aromatic rings. The van der Waals surface area contributed by atoms with Gasteiger partial charge in [-0.05, 0) is 41.7 Å². The maximum atomic E-state index is 13.2. The van der Waals surface area contributed by atoms with E-state index in [4.69, 9.17) is 0 Å². The standard InChI is InChI=1S/C25H29N7O2/c1-4-6-11-23-28-32(22(5-2)17(3)33)25(34)31(23)16-18-12-14-19(15-13-18)20-9-7-8-10-21(20)24-26-29-30-27-24/h7-10,12-15,22H,4-6,11,16H2,1-3H3,(H,26,27,29,30). The number of hydrogen-bond acceptors (Lipinski definition) is 6. The number of Topliss-reactive ketones (excluding diaryl/α,β-unsaturated/α-hetero) is 1. The highest BCUT2D eigenvalue weighted by Crippen LogP contribution is 2.29. The number of carbonyl (C=O) groups excluding carboxylic acids is 1. The first-order valence-corrected chi connectivity index (χ1v) is 11.6. The van der Waals surface area contributed by atoms with Crippen molar-refractivity contribution in [3.05, 3.63) is 70.4 Å². The molecule has 0 fully saturated rings. The lowest BCUT2D eigenvalue weighted by Gasteiger charge is -2.10. The minimum Gasteiger partial charge on any atom is -0.298 e. The van der Waals surface area contributed by atoms with Crippen LogP contribution in [0.15, 0.2) is 53.3 Å². The van der Waals surface area contributed by atoms with Crippen LogP contribution in [0, 0.1) is 0 Å². The Kier molecular flexibility index (Phi) is 7.10. The second kappa shape index (κ2) is 10.4. The van der Waals surface area contributed by atoms with E-state index in [0.29, 0.717) is 25.2 Å². The summed E-state index contributed by atoms with van der Waals surface area (Å²) in [6.45, 7) is 5.92. The Labute approximate surface area is 197 Å². The highest BCUT2D eigenvalue weighted by atomic mass is 16.2. The van der Waals surface area contributed by atoms with Crippen LogP contribution in [-0.2, 0) is 17.8 Å². The van der Waals surface area contributed by atoms with Crippen LogP contribution < -0.4 is 5.69 Å². The Hall–Kier alpha value is -3.88. The van der Waals surface area contributed by atoms with Crippen LogP contribution >= 0.6 is 0 Å². The SMILES string of the molecule is CCCCc1nn(C(CC)C(C)=O)c(=O)n1Cc1ccc(-c2ccccc2-c2nn[nH]n2)cc1. The second-order valence-electron chi connectivity index (χ2n) is 8.35. The van der Waals surface area contributed by atoms with Gasteiger partial charge in [0, 0.05) is 12.0 Å². The Morgan fingerprint density at radius 1 is 1.06 bits per heavy atom.